The van der Waals surface area contributed by atoms with Crippen molar-refractivity contribution in [2.75, 3.05) is 19.8 Å². The summed E-state index contributed by atoms with van der Waals surface area (Å²) in [5.74, 6) is 5.04. The number of unbranched alkanes of at least 4 members (excludes halogenated alkanes) is 1. The molecular weight excluding hydrogens is 374 g/mol. The number of hydrogen-bond donors (Lipinski definition) is 1. The first-order chi connectivity index (χ1) is 14.1. The molecule has 9 heteroatoms. The molecule has 2 aliphatic heterocycles. The van der Waals surface area contributed by atoms with Gasteiger partial charge in [-0.05, 0) is 48.6 Å². The number of azide groups is 1. The van der Waals surface area contributed by atoms with Gasteiger partial charge in [0, 0.05) is 42.2 Å². The van der Waals surface area contributed by atoms with Crippen LogP contribution in [0.15, 0.2) is 23.3 Å². The number of nitrogens with one attached hydrogen (secondary N) is 1. The third-order valence-corrected chi connectivity index (χ3v) is 4.79. The maximum absolute atomic E-state index is 12.6. The molecule has 2 heterocycles. The second kappa shape index (κ2) is 9.73. The van der Waals surface area contributed by atoms with Crippen LogP contribution in [0.5, 0.6) is 0 Å². The molecule has 9 nitrogen and oxygen atoms in total. The molecular formula is C20H21N5O4. The lowest BCUT2D eigenvalue weighted by Crippen LogP contribution is -2.52. The number of hydrogen-bond acceptors (Lipinski definition) is 5. The van der Waals surface area contributed by atoms with E-state index in [9.17, 15) is 14.4 Å². The minimum absolute atomic E-state index is 0.196. The van der Waals surface area contributed by atoms with Crippen molar-refractivity contribution in [2.45, 2.75) is 38.3 Å². The van der Waals surface area contributed by atoms with Gasteiger partial charge >= 0.3 is 0 Å². The summed E-state index contributed by atoms with van der Waals surface area (Å²) in [5, 5.41) is 5.75. The fraction of sp³-hybridized carbons (Fsp3) is 0.450. The molecule has 0 aliphatic carbocycles. The van der Waals surface area contributed by atoms with E-state index in [1.165, 1.54) is 4.90 Å². The van der Waals surface area contributed by atoms with Crippen LogP contribution in [0, 0.1) is 11.8 Å². The van der Waals surface area contributed by atoms with Gasteiger partial charge in [-0.3, -0.25) is 19.7 Å². The summed E-state index contributed by atoms with van der Waals surface area (Å²) >= 11 is 0. The summed E-state index contributed by atoms with van der Waals surface area (Å²) in [6.45, 7) is 1.64. The fourth-order valence-electron chi connectivity index (χ4n) is 3.34. The Labute approximate surface area is 168 Å². The lowest BCUT2D eigenvalue weighted by Gasteiger charge is -2.29. The average Bonchev–Trinajstić information content (AvgIpc) is 3.02. The maximum atomic E-state index is 12.6. The minimum Gasteiger partial charge on any atom is -0.369 e. The zero-order valence-electron chi connectivity index (χ0n) is 15.9. The summed E-state index contributed by atoms with van der Waals surface area (Å²) < 4.78 is 5.42. The standard InChI is InChI=1S/C20H21N5O4/c21-24-22-9-1-2-10-29-11-3-4-14-5-6-16-15(12-14)13-25(20(16)28)17-7-8-18(26)23-19(17)27/h5-6,12,17H,1-2,7-11,13H2,(H,23,26,27). The summed E-state index contributed by atoms with van der Waals surface area (Å²) in [5.41, 5.74) is 10.3. The highest BCUT2D eigenvalue weighted by molar-refractivity contribution is 6.05. The Bertz CT molecular complexity index is 927. The zero-order chi connectivity index (χ0) is 20.6. The number of fused-ring (bicyclic) bond motifs is 1. The first kappa shape index (κ1) is 20.4. The first-order valence-corrected chi connectivity index (χ1v) is 9.45. The van der Waals surface area contributed by atoms with Crippen LogP contribution >= 0.6 is 0 Å². The monoisotopic (exact) mass is 395 g/mol. The summed E-state index contributed by atoms with van der Waals surface area (Å²) in [6.07, 6.45) is 2.16. The van der Waals surface area contributed by atoms with E-state index in [0.29, 0.717) is 38.3 Å². The number of rotatable bonds is 7. The van der Waals surface area contributed by atoms with Gasteiger partial charge < -0.3 is 9.64 Å². The van der Waals surface area contributed by atoms with Gasteiger partial charge in [0.25, 0.3) is 5.91 Å². The van der Waals surface area contributed by atoms with E-state index in [0.717, 1.165) is 24.0 Å². The highest BCUT2D eigenvalue weighted by Gasteiger charge is 2.38. The molecule has 1 aromatic rings. The molecule has 1 atom stereocenters. The van der Waals surface area contributed by atoms with Crippen LogP contribution in [0.25, 0.3) is 10.4 Å². The van der Waals surface area contributed by atoms with Crippen LogP contribution in [-0.2, 0) is 20.9 Å². The van der Waals surface area contributed by atoms with Crippen LogP contribution in [0.2, 0.25) is 0 Å². The molecule has 0 saturated carbocycles. The van der Waals surface area contributed by atoms with E-state index in [-0.39, 0.29) is 18.2 Å². The van der Waals surface area contributed by atoms with Gasteiger partial charge in [0.1, 0.15) is 12.6 Å². The Hall–Kier alpha value is -3.34. The predicted octanol–water partition coefficient (Wildman–Crippen LogP) is 1.91. The fourth-order valence-corrected chi connectivity index (χ4v) is 3.34. The lowest BCUT2D eigenvalue weighted by molar-refractivity contribution is -0.136. The van der Waals surface area contributed by atoms with E-state index in [2.05, 4.69) is 27.2 Å². The third kappa shape index (κ3) is 5.13. The number of carbonyl (C=O) groups is 3. The van der Waals surface area contributed by atoms with Crippen molar-refractivity contribution < 1.29 is 19.1 Å². The molecule has 0 spiro atoms. The van der Waals surface area contributed by atoms with Crippen molar-refractivity contribution in [3.8, 4) is 11.8 Å². The largest absolute Gasteiger partial charge is 0.369 e. The smallest absolute Gasteiger partial charge is 0.255 e. The molecule has 1 unspecified atom stereocenters. The lowest BCUT2D eigenvalue weighted by atomic mass is 10.0. The Kier molecular flexibility index (Phi) is 6.85. The van der Waals surface area contributed by atoms with Crippen LogP contribution < -0.4 is 5.32 Å². The van der Waals surface area contributed by atoms with Crippen molar-refractivity contribution in [1.82, 2.24) is 10.2 Å². The van der Waals surface area contributed by atoms with Gasteiger partial charge in [0.2, 0.25) is 11.8 Å². The maximum Gasteiger partial charge on any atom is 0.255 e. The molecule has 1 aromatic carbocycles. The topological polar surface area (TPSA) is 124 Å². The van der Waals surface area contributed by atoms with Gasteiger partial charge in [-0.2, -0.15) is 0 Å². The SMILES string of the molecule is [N-]=[N+]=NCCCCOCC#Cc1ccc2c(c1)CN(C1CCC(=O)NC1=O)C2=O. The average molecular weight is 395 g/mol. The number of piperidine rings is 1. The molecule has 3 rings (SSSR count). The van der Waals surface area contributed by atoms with E-state index >= 15 is 0 Å². The van der Waals surface area contributed by atoms with Gasteiger partial charge in [0.15, 0.2) is 0 Å². The first-order valence-electron chi connectivity index (χ1n) is 9.45. The van der Waals surface area contributed by atoms with Crippen LogP contribution in [0.4, 0.5) is 0 Å². The number of amides is 3. The Balaban J connectivity index is 1.53. The third-order valence-electron chi connectivity index (χ3n) is 4.79. The summed E-state index contributed by atoms with van der Waals surface area (Å²) in [7, 11) is 0. The molecule has 3 amide bonds. The molecule has 29 heavy (non-hydrogen) atoms. The van der Waals surface area contributed by atoms with Crippen molar-refractivity contribution in [3.63, 3.8) is 0 Å². The van der Waals surface area contributed by atoms with E-state index in [1.54, 1.807) is 12.1 Å². The second-order valence-corrected chi connectivity index (χ2v) is 6.79. The van der Waals surface area contributed by atoms with Gasteiger partial charge in [-0.1, -0.05) is 17.0 Å². The van der Waals surface area contributed by atoms with Crippen LogP contribution in [0.1, 0.15) is 47.2 Å². The molecule has 150 valence electrons. The Morgan fingerprint density at radius 1 is 1.31 bits per heavy atom. The number of nitrogens with zero attached hydrogens (tertiary/aromatic N) is 4. The Morgan fingerprint density at radius 2 is 2.17 bits per heavy atom. The normalized spacial score (nSPS) is 17.9. The molecule has 1 fully saturated rings. The molecule has 0 aromatic heterocycles. The van der Waals surface area contributed by atoms with Crippen molar-refractivity contribution in [1.29, 1.82) is 0 Å². The van der Waals surface area contributed by atoms with Crippen LogP contribution in [0.3, 0.4) is 0 Å². The van der Waals surface area contributed by atoms with Gasteiger partial charge in [-0.15, -0.1) is 0 Å². The number of ether oxygens (including phenoxy) is 1. The zero-order valence-corrected chi connectivity index (χ0v) is 15.9. The highest BCUT2D eigenvalue weighted by Crippen LogP contribution is 2.28. The Morgan fingerprint density at radius 3 is 2.97 bits per heavy atom. The van der Waals surface area contributed by atoms with Gasteiger partial charge in [-0.25, -0.2) is 0 Å². The van der Waals surface area contributed by atoms with Gasteiger partial charge in [0.05, 0.1) is 0 Å². The molecule has 1 N–H and O–H groups in total. The van der Waals surface area contributed by atoms with Crippen LogP contribution in [-0.4, -0.2) is 48.4 Å². The molecule has 1 saturated heterocycles. The summed E-state index contributed by atoms with van der Waals surface area (Å²) in [4.78, 5) is 40.2. The van der Waals surface area contributed by atoms with E-state index in [1.807, 2.05) is 6.07 Å². The second-order valence-electron chi connectivity index (χ2n) is 6.79. The molecule has 0 bridgehead atoms. The molecule has 0 radical (unpaired) electrons. The van der Waals surface area contributed by atoms with E-state index < -0.39 is 11.9 Å². The van der Waals surface area contributed by atoms with Crippen molar-refractivity contribution in [2.24, 2.45) is 5.11 Å². The van der Waals surface area contributed by atoms with E-state index in [4.69, 9.17) is 10.3 Å². The number of imide groups is 1. The summed E-state index contributed by atoms with van der Waals surface area (Å²) in [6, 6.07) is 4.74. The highest BCUT2D eigenvalue weighted by atomic mass is 16.5. The molecule has 2 aliphatic rings. The van der Waals surface area contributed by atoms with Crippen molar-refractivity contribution in [3.05, 3.63) is 45.3 Å². The number of benzene rings is 1. The quantitative estimate of drug-likeness (QED) is 0.189. The van der Waals surface area contributed by atoms with Crippen molar-refractivity contribution >= 4 is 17.7 Å². The number of carbonyl (C=O) groups excluding carboxylic acids is 3. The minimum atomic E-state index is -0.616. The predicted molar refractivity (Wildman–Crippen MR) is 103 cm³/mol.